The molecule has 0 bridgehead atoms. The average Bonchev–Trinajstić information content (AvgIpc) is 2.94. The molecule has 0 atom stereocenters. The lowest BCUT2D eigenvalue weighted by atomic mass is 9.79. The molecule has 2 aromatic rings. The standard InChI is InChI=1S/C17H12O3.2C2H6/c1-11-10-16(18)20-17(11)12-6-2-4-8-14(12)19-15-9-5-3-7-13(15)17;2*1-2/h2-10H,1H3;2*1-2H3. The highest BCUT2D eigenvalue weighted by Gasteiger charge is 2.50. The highest BCUT2D eigenvalue weighted by molar-refractivity contribution is 5.88. The van der Waals surface area contributed by atoms with E-state index in [1.165, 1.54) is 0 Å². The summed E-state index contributed by atoms with van der Waals surface area (Å²) in [5.41, 5.74) is 1.78. The molecular formula is C21H24O3. The predicted molar refractivity (Wildman–Crippen MR) is 96.3 cm³/mol. The molecule has 0 saturated carbocycles. The van der Waals surface area contributed by atoms with E-state index >= 15 is 0 Å². The fourth-order valence-corrected chi connectivity index (χ4v) is 3.03. The Kier molecular flexibility index (Phi) is 5.45. The van der Waals surface area contributed by atoms with Crippen molar-refractivity contribution in [3.8, 4) is 11.5 Å². The molecule has 0 fully saturated rings. The van der Waals surface area contributed by atoms with Crippen molar-refractivity contribution < 1.29 is 14.3 Å². The maximum Gasteiger partial charge on any atom is 0.332 e. The van der Waals surface area contributed by atoms with Gasteiger partial charge in [-0.25, -0.2) is 4.79 Å². The van der Waals surface area contributed by atoms with Crippen LogP contribution in [-0.4, -0.2) is 5.97 Å². The first-order chi connectivity index (χ1) is 11.7. The summed E-state index contributed by atoms with van der Waals surface area (Å²) < 4.78 is 11.7. The van der Waals surface area contributed by atoms with E-state index in [0.717, 1.165) is 28.2 Å². The number of carbonyl (C=O) groups is 1. The van der Waals surface area contributed by atoms with Gasteiger partial charge in [0.05, 0.1) is 0 Å². The van der Waals surface area contributed by atoms with E-state index in [2.05, 4.69) is 0 Å². The Balaban J connectivity index is 0.000000487. The van der Waals surface area contributed by atoms with Crippen molar-refractivity contribution in [3.05, 3.63) is 71.3 Å². The lowest BCUT2D eigenvalue weighted by Gasteiger charge is -2.37. The highest BCUT2D eigenvalue weighted by Crippen LogP contribution is 2.54. The number of fused-ring (bicyclic) bond motifs is 4. The van der Waals surface area contributed by atoms with Crippen LogP contribution in [0.3, 0.4) is 0 Å². The fraction of sp³-hybridized carbons (Fsp3) is 0.286. The van der Waals surface area contributed by atoms with Gasteiger partial charge in [0, 0.05) is 17.2 Å². The molecule has 0 aliphatic carbocycles. The van der Waals surface area contributed by atoms with Gasteiger partial charge >= 0.3 is 5.97 Å². The summed E-state index contributed by atoms with van der Waals surface area (Å²) in [6, 6.07) is 15.4. The van der Waals surface area contributed by atoms with Crippen molar-refractivity contribution in [1.82, 2.24) is 0 Å². The number of para-hydroxylation sites is 2. The lowest BCUT2D eigenvalue weighted by Crippen LogP contribution is -2.33. The summed E-state index contributed by atoms with van der Waals surface area (Å²) in [5, 5.41) is 0. The van der Waals surface area contributed by atoms with Gasteiger partial charge in [-0.3, -0.25) is 0 Å². The van der Waals surface area contributed by atoms with Crippen LogP contribution in [0, 0.1) is 0 Å². The van der Waals surface area contributed by atoms with Crippen LogP contribution in [-0.2, 0) is 15.1 Å². The molecule has 0 unspecified atom stereocenters. The molecule has 2 aliphatic heterocycles. The van der Waals surface area contributed by atoms with Crippen LogP contribution in [0.15, 0.2) is 60.2 Å². The highest BCUT2D eigenvalue weighted by atomic mass is 16.6. The molecule has 126 valence electrons. The van der Waals surface area contributed by atoms with Crippen LogP contribution >= 0.6 is 0 Å². The van der Waals surface area contributed by atoms with Crippen molar-refractivity contribution in [2.24, 2.45) is 0 Å². The number of benzene rings is 2. The third kappa shape index (κ3) is 2.60. The van der Waals surface area contributed by atoms with E-state index in [0.29, 0.717) is 0 Å². The molecule has 24 heavy (non-hydrogen) atoms. The Bertz CT molecular complexity index is 714. The van der Waals surface area contributed by atoms with Gasteiger partial charge in [-0.15, -0.1) is 0 Å². The van der Waals surface area contributed by atoms with E-state index in [-0.39, 0.29) is 5.97 Å². The monoisotopic (exact) mass is 324 g/mol. The predicted octanol–water partition coefficient (Wildman–Crippen LogP) is 5.59. The Hall–Kier alpha value is -2.55. The maximum atomic E-state index is 11.8. The van der Waals surface area contributed by atoms with E-state index in [9.17, 15) is 4.79 Å². The third-order valence-corrected chi connectivity index (χ3v) is 3.90. The number of ether oxygens (including phenoxy) is 2. The minimum atomic E-state index is -0.845. The molecule has 3 nitrogen and oxygen atoms in total. The first-order valence-corrected chi connectivity index (χ1v) is 8.50. The molecule has 0 saturated heterocycles. The van der Waals surface area contributed by atoms with Crippen LogP contribution in [0.4, 0.5) is 0 Å². The largest absolute Gasteiger partial charge is 0.456 e. The molecule has 2 aromatic carbocycles. The number of rotatable bonds is 0. The minimum Gasteiger partial charge on any atom is -0.456 e. The van der Waals surface area contributed by atoms with Crippen LogP contribution in [0.1, 0.15) is 45.7 Å². The molecular weight excluding hydrogens is 300 g/mol. The third-order valence-electron chi connectivity index (χ3n) is 3.90. The quantitative estimate of drug-likeness (QED) is 0.592. The Morgan fingerprint density at radius 3 is 1.67 bits per heavy atom. The van der Waals surface area contributed by atoms with E-state index in [1.54, 1.807) is 6.08 Å². The molecule has 2 heterocycles. The molecule has 0 N–H and O–H groups in total. The number of carbonyl (C=O) groups excluding carboxylic acids is 1. The van der Waals surface area contributed by atoms with Gasteiger partial charge in [-0.1, -0.05) is 64.1 Å². The Labute approximate surface area is 143 Å². The van der Waals surface area contributed by atoms with Crippen molar-refractivity contribution in [3.63, 3.8) is 0 Å². The van der Waals surface area contributed by atoms with Gasteiger partial charge in [-0.2, -0.15) is 0 Å². The zero-order valence-electron chi connectivity index (χ0n) is 14.9. The molecule has 1 spiro atoms. The summed E-state index contributed by atoms with van der Waals surface area (Å²) in [7, 11) is 0. The Morgan fingerprint density at radius 2 is 1.25 bits per heavy atom. The van der Waals surface area contributed by atoms with Crippen LogP contribution < -0.4 is 4.74 Å². The van der Waals surface area contributed by atoms with Gasteiger partial charge in [0.25, 0.3) is 0 Å². The average molecular weight is 324 g/mol. The topological polar surface area (TPSA) is 35.5 Å². The van der Waals surface area contributed by atoms with Crippen LogP contribution in [0.2, 0.25) is 0 Å². The second-order valence-electron chi connectivity index (χ2n) is 5.02. The van der Waals surface area contributed by atoms with Crippen molar-refractivity contribution in [2.75, 3.05) is 0 Å². The van der Waals surface area contributed by atoms with E-state index in [4.69, 9.17) is 9.47 Å². The second kappa shape index (κ2) is 7.35. The van der Waals surface area contributed by atoms with Crippen LogP contribution in [0.5, 0.6) is 11.5 Å². The normalized spacial score (nSPS) is 15.4. The van der Waals surface area contributed by atoms with Gasteiger partial charge in [0.1, 0.15) is 11.5 Å². The first kappa shape index (κ1) is 17.8. The second-order valence-corrected chi connectivity index (χ2v) is 5.02. The van der Waals surface area contributed by atoms with Crippen molar-refractivity contribution in [2.45, 2.75) is 40.2 Å². The maximum absolute atomic E-state index is 11.8. The smallest absolute Gasteiger partial charge is 0.332 e. The lowest BCUT2D eigenvalue weighted by molar-refractivity contribution is -0.144. The zero-order chi connectivity index (χ0) is 17.7. The van der Waals surface area contributed by atoms with Crippen molar-refractivity contribution in [1.29, 1.82) is 0 Å². The Morgan fingerprint density at radius 1 is 0.792 bits per heavy atom. The van der Waals surface area contributed by atoms with Crippen LogP contribution in [0.25, 0.3) is 0 Å². The molecule has 0 aromatic heterocycles. The van der Waals surface area contributed by atoms with Gasteiger partial charge in [0.2, 0.25) is 0 Å². The first-order valence-electron chi connectivity index (χ1n) is 8.50. The van der Waals surface area contributed by atoms with Crippen molar-refractivity contribution >= 4 is 5.97 Å². The van der Waals surface area contributed by atoms with Gasteiger partial charge < -0.3 is 9.47 Å². The summed E-state index contributed by atoms with van der Waals surface area (Å²) in [6.07, 6.45) is 1.55. The summed E-state index contributed by atoms with van der Waals surface area (Å²) in [6.45, 7) is 9.92. The number of hydrogen-bond acceptors (Lipinski definition) is 3. The number of esters is 1. The number of hydrogen-bond donors (Lipinski definition) is 0. The SMILES string of the molecule is CC.CC.CC1=CC(=O)OC12c1ccccc1Oc1ccccc12. The molecule has 0 radical (unpaired) electrons. The summed E-state index contributed by atoms with van der Waals surface area (Å²) in [4.78, 5) is 11.8. The molecule has 0 amide bonds. The summed E-state index contributed by atoms with van der Waals surface area (Å²) in [5.74, 6) is 1.15. The molecule has 3 heteroatoms. The molecule has 4 rings (SSSR count). The van der Waals surface area contributed by atoms with E-state index < -0.39 is 5.60 Å². The fourth-order valence-electron chi connectivity index (χ4n) is 3.03. The summed E-state index contributed by atoms with van der Waals surface area (Å²) >= 11 is 0. The van der Waals surface area contributed by atoms with Gasteiger partial charge in [0.15, 0.2) is 5.60 Å². The zero-order valence-corrected chi connectivity index (χ0v) is 14.9. The molecule has 2 aliphatic rings. The van der Waals surface area contributed by atoms with E-state index in [1.807, 2.05) is 83.1 Å². The van der Waals surface area contributed by atoms with Gasteiger partial charge in [-0.05, 0) is 24.6 Å². The minimum absolute atomic E-state index is 0.311.